The van der Waals surface area contributed by atoms with Crippen LogP contribution < -0.4 is 31.9 Å². The largest absolute Gasteiger partial charge is 0.756 e. The molecule has 0 aromatic carbocycles. The van der Waals surface area contributed by atoms with Crippen molar-refractivity contribution in [2.75, 3.05) is 39.4 Å². The lowest BCUT2D eigenvalue weighted by Crippen LogP contribution is -2.61. The van der Waals surface area contributed by atoms with Crippen molar-refractivity contribution >= 4 is 53.2 Å². The average Bonchev–Trinajstić information content (AvgIpc) is 3.09. The van der Waals surface area contributed by atoms with E-state index < -0.39 is 116 Å². The van der Waals surface area contributed by atoms with Crippen molar-refractivity contribution in [3.63, 3.8) is 0 Å². The number of nitrogens with one attached hydrogen (secondary N) is 6. The number of hydrogen-bond acceptors (Lipinski definition) is 14. The van der Waals surface area contributed by atoms with Gasteiger partial charge in [-0.25, -0.2) is 0 Å². The van der Waals surface area contributed by atoms with Crippen molar-refractivity contribution in [1.29, 1.82) is 0 Å². The predicted molar refractivity (Wildman–Crippen MR) is 177 cm³/mol. The van der Waals surface area contributed by atoms with Gasteiger partial charge in [0.2, 0.25) is 53.2 Å². The van der Waals surface area contributed by atoms with Crippen LogP contribution >= 0.6 is 0 Å². The van der Waals surface area contributed by atoms with Crippen LogP contribution in [0.25, 0.3) is 0 Å². The quantitative estimate of drug-likeness (QED) is 0.0772. The lowest BCUT2D eigenvalue weighted by atomic mass is 10.0. The molecule has 1 fully saturated rings. The van der Waals surface area contributed by atoms with Crippen LogP contribution in [0.4, 0.5) is 0 Å². The Bertz CT molecular complexity index is 1300. The Labute approximate surface area is 298 Å². The Hall–Kier alpha value is -4.97. The van der Waals surface area contributed by atoms with Gasteiger partial charge in [-0.3, -0.25) is 43.2 Å². The minimum Gasteiger partial charge on any atom is -0.756 e. The van der Waals surface area contributed by atoms with Gasteiger partial charge in [0.15, 0.2) is 0 Å². The molecule has 0 bridgehead atoms. The summed E-state index contributed by atoms with van der Waals surface area (Å²) in [5.74, 6) is -8.82. The van der Waals surface area contributed by atoms with Gasteiger partial charge in [-0.1, -0.05) is 0 Å². The van der Waals surface area contributed by atoms with E-state index in [1.54, 1.807) is 0 Å². The topological polar surface area (TPSA) is 345 Å². The van der Waals surface area contributed by atoms with E-state index in [2.05, 4.69) is 31.9 Å². The SMILES string of the molecule is CC(=O)N([O-])CCCC1NC(=O)CNC(=O)C(CO)NC(=O)C(CO)NC(=O)C(CCCN([O-])C(C)=O)NC(=O)C(CCCN([O-])C(C)=O)NC1=O. The highest BCUT2D eigenvalue weighted by atomic mass is 16.5. The molecule has 0 radical (unpaired) electrons. The number of hydroxylamine groups is 6. The van der Waals surface area contributed by atoms with Gasteiger partial charge in [-0.05, 0) is 38.5 Å². The summed E-state index contributed by atoms with van der Waals surface area (Å²) < 4.78 is 0. The third kappa shape index (κ3) is 15.9. The molecule has 1 heterocycles. The molecule has 294 valence electrons. The highest BCUT2D eigenvalue weighted by Gasteiger charge is 2.33. The number of amides is 9. The smallest absolute Gasteiger partial charge is 0.245 e. The molecular weight excluding hydrogens is 698 g/mol. The number of nitrogens with zero attached hydrogens (tertiary/aromatic N) is 3. The third-order valence-corrected chi connectivity index (χ3v) is 7.59. The van der Waals surface area contributed by atoms with Crippen molar-refractivity contribution in [2.24, 2.45) is 0 Å². The summed E-state index contributed by atoms with van der Waals surface area (Å²) in [7, 11) is 0. The average molecular weight is 745 g/mol. The van der Waals surface area contributed by atoms with E-state index in [1.165, 1.54) is 0 Å². The number of hydrogen-bond donors (Lipinski definition) is 8. The van der Waals surface area contributed by atoms with Crippen molar-refractivity contribution in [3.8, 4) is 0 Å². The molecule has 1 aliphatic heterocycles. The maximum atomic E-state index is 13.6. The molecule has 23 heteroatoms. The molecule has 1 rings (SSSR count). The second-order valence-corrected chi connectivity index (χ2v) is 11.7. The Morgan fingerprint density at radius 2 is 0.827 bits per heavy atom. The van der Waals surface area contributed by atoms with E-state index in [9.17, 15) is 69.0 Å². The van der Waals surface area contributed by atoms with Crippen LogP contribution in [0.1, 0.15) is 59.3 Å². The molecule has 5 atom stereocenters. The number of aliphatic hydroxyl groups is 2. The zero-order chi connectivity index (χ0) is 39.5. The fourth-order valence-corrected chi connectivity index (χ4v) is 4.61. The number of carbonyl (C=O) groups is 9. The molecule has 0 saturated carbocycles. The first kappa shape index (κ1) is 45.1. The van der Waals surface area contributed by atoms with Crippen LogP contribution in [0.15, 0.2) is 0 Å². The molecule has 9 amide bonds. The Balaban J connectivity index is 3.56. The highest BCUT2D eigenvalue weighted by molar-refractivity contribution is 5.97. The van der Waals surface area contributed by atoms with E-state index in [0.717, 1.165) is 20.8 Å². The van der Waals surface area contributed by atoms with Crippen LogP contribution in [0.5, 0.6) is 0 Å². The lowest BCUT2D eigenvalue weighted by molar-refractivity contribution is -0.136. The summed E-state index contributed by atoms with van der Waals surface area (Å²) in [5.41, 5.74) is 0. The van der Waals surface area contributed by atoms with Crippen LogP contribution in [0.3, 0.4) is 0 Å². The first-order valence-corrected chi connectivity index (χ1v) is 16.3. The predicted octanol–water partition coefficient (Wildman–Crippen LogP) is -5.10. The van der Waals surface area contributed by atoms with Crippen molar-refractivity contribution in [1.82, 2.24) is 47.1 Å². The molecule has 5 unspecified atom stereocenters. The summed E-state index contributed by atoms with van der Waals surface area (Å²) in [6.45, 7) is -0.999. The summed E-state index contributed by atoms with van der Waals surface area (Å²) in [5, 5.41) is 68.8. The molecule has 0 aromatic rings. The molecular formula is C29H46N9O14-3. The van der Waals surface area contributed by atoms with Gasteiger partial charge in [-0.2, -0.15) is 0 Å². The van der Waals surface area contributed by atoms with E-state index in [4.69, 9.17) is 0 Å². The first-order chi connectivity index (χ1) is 24.4. The summed E-state index contributed by atoms with van der Waals surface area (Å²) in [6.07, 6.45) is -1.36. The number of carbonyl (C=O) groups excluding carboxylic acids is 9. The van der Waals surface area contributed by atoms with Gasteiger partial charge in [-0.15, -0.1) is 0 Å². The maximum Gasteiger partial charge on any atom is 0.245 e. The summed E-state index contributed by atoms with van der Waals surface area (Å²) in [4.78, 5) is 113. The number of aliphatic hydroxyl groups excluding tert-OH is 2. The first-order valence-electron chi connectivity index (χ1n) is 16.3. The van der Waals surface area contributed by atoms with Gasteiger partial charge in [0.1, 0.15) is 30.2 Å². The van der Waals surface area contributed by atoms with Gasteiger partial charge in [0, 0.05) is 40.4 Å². The van der Waals surface area contributed by atoms with Crippen LogP contribution in [0.2, 0.25) is 0 Å². The molecule has 0 spiro atoms. The second-order valence-electron chi connectivity index (χ2n) is 11.7. The normalized spacial score (nSPS) is 22.3. The maximum absolute atomic E-state index is 13.6. The minimum atomic E-state index is -1.75. The fourth-order valence-electron chi connectivity index (χ4n) is 4.61. The Morgan fingerprint density at radius 1 is 0.538 bits per heavy atom. The third-order valence-electron chi connectivity index (χ3n) is 7.59. The molecule has 8 N–H and O–H groups in total. The van der Waals surface area contributed by atoms with Crippen molar-refractivity contribution in [3.05, 3.63) is 15.6 Å². The second kappa shape index (κ2) is 22.8. The fraction of sp³-hybridized carbons (Fsp3) is 0.690. The van der Waals surface area contributed by atoms with Gasteiger partial charge in [0.25, 0.3) is 0 Å². The minimum absolute atomic E-state index is 0.0918. The van der Waals surface area contributed by atoms with Crippen molar-refractivity contribution < 1.29 is 53.4 Å². The van der Waals surface area contributed by atoms with E-state index in [0.29, 0.717) is 0 Å². The molecule has 1 aliphatic rings. The van der Waals surface area contributed by atoms with Crippen molar-refractivity contribution in [2.45, 2.75) is 89.5 Å². The van der Waals surface area contributed by atoms with E-state index >= 15 is 0 Å². The summed E-state index contributed by atoms with van der Waals surface area (Å²) in [6, 6.07) is -8.05. The highest BCUT2D eigenvalue weighted by Crippen LogP contribution is 2.08. The van der Waals surface area contributed by atoms with Gasteiger partial charge < -0.3 is 72.9 Å². The Morgan fingerprint density at radius 3 is 1.15 bits per heavy atom. The molecule has 23 nitrogen and oxygen atoms in total. The van der Waals surface area contributed by atoms with Gasteiger partial charge in [0.05, 0.1) is 19.8 Å². The Kier molecular flexibility index (Phi) is 19.7. The standard InChI is InChI=1S/C29H46N9O14/c1-16(41)36(50)10-4-7-19-26(46)32-20(8-5-11-37(51)17(2)42)27(47)33-21(9-6-12-38(52)18(3)43)28(48)35-23(15-40)29(49)34-22(14-39)25(45)30-13-24(44)31-19/h19-23,39-40H,4-15H2,1-3H3,(H,30,45)(H,31,44)(H,32,46)(H,33,47)(H,34,49)(H,35,48)/q-3. The molecule has 52 heavy (non-hydrogen) atoms. The van der Waals surface area contributed by atoms with Crippen LogP contribution in [0, 0.1) is 15.6 Å². The molecule has 1 saturated heterocycles. The molecule has 0 aromatic heterocycles. The van der Waals surface area contributed by atoms with Crippen LogP contribution in [-0.4, -0.2) is 148 Å². The van der Waals surface area contributed by atoms with E-state index in [-0.39, 0.29) is 60.3 Å². The van der Waals surface area contributed by atoms with Crippen LogP contribution in [-0.2, 0) is 43.2 Å². The van der Waals surface area contributed by atoms with E-state index in [1.807, 2.05) is 0 Å². The number of rotatable bonds is 14. The van der Waals surface area contributed by atoms with Gasteiger partial charge >= 0.3 is 0 Å². The molecule has 0 aliphatic carbocycles. The summed E-state index contributed by atoms with van der Waals surface area (Å²) >= 11 is 0. The zero-order valence-electron chi connectivity index (χ0n) is 29.0. The monoisotopic (exact) mass is 744 g/mol. The zero-order valence-corrected chi connectivity index (χ0v) is 29.0. The lowest BCUT2D eigenvalue weighted by Gasteiger charge is -2.30.